The maximum atomic E-state index is 2.54. The van der Waals surface area contributed by atoms with Crippen LogP contribution in [0.4, 0.5) is 0 Å². The van der Waals surface area contributed by atoms with Crippen molar-refractivity contribution in [1.29, 1.82) is 0 Å². The van der Waals surface area contributed by atoms with Crippen molar-refractivity contribution >= 4 is 23.2 Å². The molecule has 1 nitrogen and oxygen atoms in total. The van der Waals surface area contributed by atoms with Crippen LogP contribution in [0.2, 0.25) is 0 Å². The number of hydrogen-bond donors (Lipinski definition) is 0. The van der Waals surface area contributed by atoms with E-state index in [1.54, 1.807) is 0 Å². The van der Waals surface area contributed by atoms with Crippen LogP contribution in [0.1, 0.15) is 26.7 Å². The predicted molar refractivity (Wildman–Crippen MR) is 127 cm³/mol. The molecular formula is C26H33NP+. The van der Waals surface area contributed by atoms with Crippen LogP contribution in [0.25, 0.3) is 0 Å². The molecule has 0 bridgehead atoms. The van der Waals surface area contributed by atoms with Gasteiger partial charge in [-0.05, 0) is 68.9 Å². The summed E-state index contributed by atoms with van der Waals surface area (Å²) in [7, 11) is -1.65. The molecule has 0 aliphatic heterocycles. The van der Waals surface area contributed by atoms with Gasteiger partial charge in [0.2, 0.25) is 0 Å². The van der Waals surface area contributed by atoms with E-state index in [9.17, 15) is 0 Å². The molecule has 0 aliphatic rings. The summed E-state index contributed by atoms with van der Waals surface area (Å²) in [6, 6.07) is 33.7. The first-order chi connectivity index (χ1) is 13.8. The van der Waals surface area contributed by atoms with Gasteiger partial charge in [-0.15, -0.1) is 0 Å². The van der Waals surface area contributed by atoms with E-state index in [4.69, 9.17) is 0 Å². The molecule has 28 heavy (non-hydrogen) atoms. The van der Waals surface area contributed by atoms with Crippen LogP contribution in [0.5, 0.6) is 0 Å². The normalized spacial score (nSPS) is 11.7. The summed E-state index contributed by atoms with van der Waals surface area (Å²) in [6.07, 6.45) is 3.74. The molecule has 0 N–H and O–H groups in total. The molecule has 0 aliphatic carbocycles. The maximum Gasteiger partial charge on any atom is 0.112 e. The van der Waals surface area contributed by atoms with Gasteiger partial charge in [-0.1, -0.05) is 68.4 Å². The van der Waals surface area contributed by atoms with Gasteiger partial charge in [-0.3, -0.25) is 0 Å². The molecule has 3 aromatic carbocycles. The lowest BCUT2D eigenvalue weighted by molar-refractivity contribution is 0.299. The Hall–Kier alpha value is -1.95. The van der Waals surface area contributed by atoms with Crippen molar-refractivity contribution in [3.63, 3.8) is 0 Å². The lowest BCUT2D eigenvalue weighted by Crippen LogP contribution is -2.33. The van der Waals surface area contributed by atoms with Gasteiger partial charge in [0, 0.05) is 0 Å². The molecule has 3 rings (SSSR count). The van der Waals surface area contributed by atoms with Gasteiger partial charge in [0.15, 0.2) is 0 Å². The molecule has 0 atom stereocenters. The van der Waals surface area contributed by atoms with Crippen LogP contribution in [-0.4, -0.2) is 30.7 Å². The fourth-order valence-electron chi connectivity index (χ4n) is 4.11. The minimum atomic E-state index is -1.65. The first-order valence-corrected chi connectivity index (χ1v) is 12.6. The highest BCUT2D eigenvalue weighted by Gasteiger charge is 2.44. The monoisotopic (exact) mass is 390 g/mol. The Morgan fingerprint density at radius 2 is 0.964 bits per heavy atom. The summed E-state index contributed by atoms with van der Waals surface area (Å²) in [5.74, 6) is 0. The zero-order chi connectivity index (χ0) is 19.7. The highest BCUT2D eigenvalue weighted by Crippen LogP contribution is 2.55. The fraction of sp³-hybridized carbons (Fsp3) is 0.308. The van der Waals surface area contributed by atoms with Gasteiger partial charge < -0.3 is 4.90 Å². The standard InChI is InChI=1S/C26H33NP/c1-3-27(4-2)22-14-15-23-28(24-16-8-5-9-17-24,25-18-10-6-11-19-25)26-20-12-7-13-21-26/h5-13,16-21H,3-4,14-15,22-23H2,1-2H3/q+1. The largest absolute Gasteiger partial charge is 0.304 e. The summed E-state index contributed by atoms with van der Waals surface area (Å²) in [5.41, 5.74) is 0. The van der Waals surface area contributed by atoms with E-state index >= 15 is 0 Å². The van der Waals surface area contributed by atoms with Gasteiger partial charge in [0.05, 0.1) is 6.16 Å². The summed E-state index contributed by atoms with van der Waals surface area (Å²) in [6.45, 7) is 8.02. The lowest BCUT2D eigenvalue weighted by Gasteiger charge is -2.28. The van der Waals surface area contributed by atoms with Crippen molar-refractivity contribution in [3.8, 4) is 0 Å². The van der Waals surface area contributed by atoms with Gasteiger partial charge in [0.25, 0.3) is 0 Å². The minimum absolute atomic E-state index is 1.15. The molecule has 146 valence electrons. The second-order valence-corrected chi connectivity index (χ2v) is 10.9. The predicted octanol–water partition coefficient (Wildman–Crippen LogP) is 5.10. The van der Waals surface area contributed by atoms with Crippen LogP contribution in [-0.2, 0) is 0 Å². The van der Waals surface area contributed by atoms with Crippen molar-refractivity contribution in [3.05, 3.63) is 91.0 Å². The smallest absolute Gasteiger partial charge is 0.112 e. The number of hydrogen-bond acceptors (Lipinski definition) is 1. The highest BCUT2D eigenvalue weighted by atomic mass is 31.2. The van der Waals surface area contributed by atoms with Crippen molar-refractivity contribution in [2.24, 2.45) is 0 Å². The third-order valence-electron chi connectivity index (χ3n) is 5.70. The van der Waals surface area contributed by atoms with E-state index in [2.05, 4.69) is 110 Å². The number of rotatable bonds is 10. The zero-order valence-electron chi connectivity index (χ0n) is 17.3. The highest BCUT2D eigenvalue weighted by molar-refractivity contribution is 7.95. The number of nitrogens with zero attached hydrogens (tertiary/aromatic N) is 1. The van der Waals surface area contributed by atoms with Gasteiger partial charge >= 0.3 is 0 Å². The number of benzene rings is 3. The van der Waals surface area contributed by atoms with Crippen LogP contribution in [0.3, 0.4) is 0 Å². The number of unbranched alkanes of at least 4 members (excludes halogenated alkanes) is 1. The summed E-state index contributed by atoms with van der Waals surface area (Å²) >= 11 is 0. The Kier molecular flexibility index (Phi) is 7.83. The van der Waals surface area contributed by atoms with Crippen LogP contribution >= 0.6 is 7.26 Å². The topological polar surface area (TPSA) is 3.24 Å². The van der Waals surface area contributed by atoms with E-state index in [1.807, 2.05) is 0 Å². The molecule has 2 heteroatoms. The van der Waals surface area contributed by atoms with E-state index in [1.165, 1.54) is 41.5 Å². The third kappa shape index (κ3) is 4.72. The van der Waals surface area contributed by atoms with Crippen molar-refractivity contribution in [2.75, 3.05) is 25.8 Å². The van der Waals surface area contributed by atoms with E-state index in [0.29, 0.717) is 0 Å². The first kappa shape index (κ1) is 20.8. The van der Waals surface area contributed by atoms with Gasteiger partial charge in [0.1, 0.15) is 23.2 Å². The third-order valence-corrected chi connectivity index (χ3v) is 10.2. The molecule has 0 saturated carbocycles. The molecule has 0 radical (unpaired) electrons. The second kappa shape index (κ2) is 10.6. The van der Waals surface area contributed by atoms with E-state index in [-0.39, 0.29) is 0 Å². The molecule has 0 amide bonds. The average Bonchev–Trinajstić information content (AvgIpc) is 2.78. The summed E-state index contributed by atoms with van der Waals surface area (Å²) in [5, 5.41) is 4.49. The molecular weight excluding hydrogens is 357 g/mol. The Labute approximate surface area is 171 Å². The Balaban J connectivity index is 1.99. The molecule has 0 saturated heterocycles. The summed E-state index contributed by atoms with van der Waals surface area (Å²) in [4.78, 5) is 2.54. The Morgan fingerprint density at radius 1 is 0.571 bits per heavy atom. The zero-order valence-corrected chi connectivity index (χ0v) is 18.2. The quantitative estimate of drug-likeness (QED) is 0.344. The van der Waals surface area contributed by atoms with Gasteiger partial charge in [-0.2, -0.15) is 0 Å². The lowest BCUT2D eigenvalue weighted by atomic mass is 10.3. The van der Waals surface area contributed by atoms with E-state index < -0.39 is 7.26 Å². The fourth-order valence-corrected chi connectivity index (χ4v) is 8.52. The second-order valence-electron chi connectivity index (χ2n) is 7.27. The Bertz CT molecular complexity index is 701. The average molecular weight is 391 g/mol. The molecule has 3 aromatic rings. The van der Waals surface area contributed by atoms with Crippen LogP contribution in [0, 0.1) is 0 Å². The van der Waals surface area contributed by atoms with Crippen LogP contribution in [0.15, 0.2) is 91.0 Å². The minimum Gasteiger partial charge on any atom is -0.304 e. The molecule has 0 spiro atoms. The Morgan fingerprint density at radius 3 is 1.32 bits per heavy atom. The van der Waals surface area contributed by atoms with E-state index in [0.717, 1.165) is 13.1 Å². The SMILES string of the molecule is CCN(CC)CCCC[P+](c1ccccc1)(c1ccccc1)c1ccccc1. The van der Waals surface area contributed by atoms with Crippen molar-refractivity contribution in [2.45, 2.75) is 26.7 Å². The molecule has 0 aromatic heterocycles. The summed E-state index contributed by atoms with van der Waals surface area (Å²) < 4.78 is 0. The molecule has 0 unspecified atom stereocenters. The van der Waals surface area contributed by atoms with Gasteiger partial charge in [-0.25, -0.2) is 0 Å². The van der Waals surface area contributed by atoms with Crippen molar-refractivity contribution < 1.29 is 0 Å². The molecule has 0 heterocycles. The first-order valence-electron chi connectivity index (χ1n) is 10.6. The maximum absolute atomic E-state index is 2.54. The van der Waals surface area contributed by atoms with Crippen LogP contribution < -0.4 is 15.9 Å². The van der Waals surface area contributed by atoms with Crippen molar-refractivity contribution in [1.82, 2.24) is 4.90 Å². The molecule has 0 fully saturated rings.